The fourth-order valence-corrected chi connectivity index (χ4v) is 3.57. The minimum atomic E-state index is 0.688. The van der Waals surface area contributed by atoms with Crippen LogP contribution >= 0.6 is 22.9 Å². The van der Waals surface area contributed by atoms with E-state index in [2.05, 4.69) is 5.32 Å². The maximum Gasteiger partial charge on any atom is 0.130 e. The number of ether oxygens (including phenoxy) is 1. The van der Waals surface area contributed by atoms with Gasteiger partial charge in [-0.1, -0.05) is 17.7 Å². The van der Waals surface area contributed by atoms with Gasteiger partial charge in [-0.15, -0.1) is 11.3 Å². The number of rotatable bonds is 2. The zero-order valence-corrected chi connectivity index (χ0v) is 11.6. The van der Waals surface area contributed by atoms with Crippen LogP contribution in [0.2, 0.25) is 5.02 Å². The van der Waals surface area contributed by atoms with Crippen LogP contribution in [0.25, 0.3) is 10.6 Å². The van der Waals surface area contributed by atoms with Gasteiger partial charge in [-0.25, -0.2) is 4.98 Å². The molecule has 0 atom stereocenters. The largest absolute Gasteiger partial charge is 0.496 e. The predicted octanol–water partition coefficient (Wildman–Crippen LogP) is 3.12. The third kappa shape index (κ3) is 2.00. The standard InChI is InChI=1S/C13H13ClN2OS/c1-17-10-4-2-3-8(14)12(10)13-16-9-5-6-15-7-11(9)18-13/h2-4,15H,5-7H2,1H3. The summed E-state index contributed by atoms with van der Waals surface area (Å²) >= 11 is 7.97. The Balaban J connectivity index is 2.12. The van der Waals surface area contributed by atoms with E-state index in [0.717, 1.165) is 35.8 Å². The molecule has 0 saturated heterocycles. The van der Waals surface area contributed by atoms with Crippen LogP contribution in [0.5, 0.6) is 5.75 Å². The lowest BCUT2D eigenvalue weighted by Gasteiger charge is -2.09. The maximum absolute atomic E-state index is 6.28. The van der Waals surface area contributed by atoms with Crippen LogP contribution in [0, 0.1) is 0 Å². The molecule has 0 aliphatic carbocycles. The Morgan fingerprint density at radius 2 is 2.33 bits per heavy atom. The molecule has 0 spiro atoms. The van der Waals surface area contributed by atoms with Crippen LogP contribution in [0.3, 0.4) is 0 Å². The Morgan fingerprint density at radius 1 is 1.44 bits per heavy atom. The van der Waals surface area contributed by atoms with Crippen LogP contribution in [0.15, 0.2) is 18.2 Å². The number of aromatic nitrogens is 1. The maximum atomic E-state index is 6.28. The minimum absolute atomic E-state index is 0.688. The molecule has 5 heteroatoms. The molecule has 0 fully saturated rings. The molecule has 1 aliphatic rings. The number of nitrogens with zero attached hydrogens (tertiary/aromatic N) is 1. The van der Waals surface area contributed by atoms with Crippen molar-refractivity contribution in [3.05, 3.63) is 33.8 Å². The van der Waals surface area contributed by atoms with Gasteiger partial charge in [0.15, 0.2) is 0 Å². The number of benzene rings is 1. The lowest BCUT2D eigenvalue weighted by molar-refractivity contribution is 0.416. The molecule has 3 rings (SSSR count). The fourth-order valence-electron chi connectivity index (χ4n) is 2.11. The summed E-state index contributed by atoms with van der Waals surface area (Å²) in [6, 6.07) is 5.68. The van der Waals surface area contributed by atoms with Crippen LogP contribution in [0.1, 0.15) is 10.6 Å². The van der Waals surface area contributed by atoms with Gasteiger partial charge >= 0.3 is 0 Å². The monoisotopic (exact) mass is 280 g/mol. The summed E-state index contributed by atoms with van der Waals surface area (Å²) in [5.74, 6) is 0.779. The van der Waals surface area contributed by atoms with Crippen molar-refractivity contribution in [1.29, 1.82) is 0 Å². The van der Waals surface area contributed by atoms with Crippen LogP contribution < -0.4 is 10.1 Å². The van der Waals surface area contributed by atoms with E-state index in [0.29, 0.717) is 5.02 Å². The number of hydrogen-bond donors (Lipinski definition) is 1. The fraction of sp³-hybridized carbons (Fsp3) is 0.308. The van der Waals surface area contributed by atoms with Crippen molar-refractivity contribution >= 4 is 22.9 Å². The Kier molecular flexibility index (Phi) is 3.24. The number of nitrogens with one attached hydrogen (secondary N) is 1. The molecule has 0 bridgehead atoms. The topological polar surface area (TPSA) is 34.1 Å². The molecule has 1 aromatic carbocycles. The summed E-state index contributed by atoms with van der Waals surface area (Å²) in [5, 5.41) is 4.99. The first kappa shape index (κ1) is 12.0. The van der Waals surface area contributed by atoms with Crippen molar-refractivity contribution < 1.29 is 4.74 Å². The normalized spacial score (nSPS) is 14.3. The summed E-state index contributed by atoms with van der Waals surface area (Å²) in [5.41, 5.74) is 2.09. The summed E-state index contributed by atoms with van der Waals surface area (Å²) < 4.78 is 5.38. The van der Waals surface area contributed by atoms with Crippen molar-refractivity contribution in [1.82, 2.24) is 10.3 Å². The smallest absolute Gasteiger partial charge is 0.130 e. The first-order valence-electron chi connectivity index (χ1n) is 5.82. The Morgan fingerprint density at radius 3 is 3.11 bits per heavy atom. The molecule has 0 saturated carbocycles. The SMILES string of the molecule is COc1cccc(Cl)c1-c1nc2c(s1)CNCC2. The van der Waals surface area contributed by atoms with E-state index < -0.39 is 0 Å². The van der Waals surface area contributed by atoms with E-state index in [-0.39, 0.29) is 0 Å². The molecular formula is C13H13ClN2OS. The van der Waals surface area contributed by atoms with Gasteiger partial charge in [0, 0.05) is 24.4 Å². The van der Waals surface area contributed by atoms with Gasteiger partial charge in [-0.05, 0) is 12.1 Å². The van der Waals surface area contributed by atoms with Gasteiger partial charge in [-0.3, -0.25) is 0 Å². The molecule has 94 valence electrons. The van der Waals surface area contributed by atoms with Crippen molar-refractivity contribution in [2.75, 3.05) is 13.7 Å². The quantitative estimate of drug-likeness (QED) is 0.918. The van der Waals surface area contributed by atoms with E-state index >= 15 is 0 Å². The van der Waals surface area contributed by atoms with Gasteiger partial charge in [0.25, 0.3) is 0 Å². The number of hydrogen-bond acceptors (Lipinski definition) is 4. The first-order valence-corrected chi connectivity index (χ1v) is 7.01. The van der Waals surface area contributed by atoms with Crippen molar-refractivity contribution in [3.63, 3.8) is 0 Å². The van der Waals surface area contributed by atoms with Gasteiger partial charge < -0.3 is 10.1 Å². The van der Waals surface area contributed by atoms with E-state index in [9.17, 15) is 0 Å². The lowest BCUT2D eigenvalue weighted by Crippen LogP contribution is -2.22. The molecule has 3 nitrogen and oxygen atoms in total. The van der Waals surface area contributed by atoms with E-state index in [1.807, 2.05) is 18.2 Å². The zero-order chi connectivity index (χ0) is 12.5. The van der Waals surface area contributed by atoms with E-state index in [1.54, 1.807) is 18.4 Å². The van der Waals surface area contributed by atoms with Crippen molar-refractivity contribution in [2.24, 2.45) is 0 Å². The van der Waals surface area contributed by atoms with Gasteiger partial charge in [0.2, 0.25) is 0 Å². The first-order chi connectivity index (χ1) is 8.79. The highest BCUT2D eigenvalue weighted by atomic mass is 35.5. The molecule has 18 heavy (non-hydrogen) atoms. The van der Waals surface area contributed by atoms with E-state index in [4.69, 9.17) is 21.3 Å². The zero-order valence-electron chi connectivity index (χ0n) is 10.00. The van der Waals surface area contributed by atoms with Gasteiger partial charge in [0.1, 0.15) is 10.8 Å². The second-order valence-corrected chi connectivity index (χ2v) is 5.62. The molecule has 2 aromatic rings. The highest BCUT2D eigenvalue weighted by Crippen LogP contribution is 2.39. The Hall–Kier alpha value is -1.10. The van der Waals surface area contributed by atoms with Crippen LogP contribution in [0.4, 0.5) is 0 Å². The number of halogens is 1. The Bertz CT molecular complexity index is 559. The van der Waals surface area contributed by atoms with Crippen molar-refractivity contribution in [3.8, 4) is 16.3 Å². The summed E-state index contributed by atoms with van der Waals surface area (Å²) in [6.45, 7) is 1.90. The number of thiazole rings is 1. The second-order valence-electron chi connectivity index (χ2n) is 4.13. The van der Waals surface area contributed by atoms with Crippen LogP contribution in [-0.2, 0) is 13.0 Å². The highest BCUT2D eigenvalue weighted by Gasteiger charge is 2.19. The van der Waals surface area contributed by atoms with Gasteiger partial charge in [0.05, 0.1) is 23.4 Å². The molecule has 1 N–H and O–H groups in total. The average Bonchev–Trinajstić information content (AvgIpc) is 2.81. The minimum Gasteiger partial charge on any atom is -0.496 e. The molecule has 0 unspecified atom stereocenters. The average molecular weight is 281 g/mol. The summed E-state index contributed by atoms with van der Waals surface area (Å²) in [6.07, 6.45) is 0.985. The summed E-state index contributed by atoms with van der Waals surface area (Å²) in [4.78, 5) is 6.01. The third-order valence-corrected chi connectivity index (χ3v) is 4.44. The molecule has 0 radical (unpaired) electrons. The van der Waals surface area contributed by atoms with E-state index in [1.165, 1.54) is 10.6 Å². The molecule has 0 amide bonds. The number of methoxy groups -OCH3 is 1. The predicted molar refractivity (Wildman–Crippen MR) is 74.5 cm³/mol. The summed E-state index contributed by atoms with van der Waals surface area (Å²) in [7, 11) is 1.66. The molecular weight excluding hydrogens is 268 g/mol. The lowest BCUT2D eigenvalue weighted by atomic mass is 10.2. The Labute approximate surface area is 115 Å². The highest BCUT2D eigenvalue weighted by molar-refractivity contribution is 7.15. The van der Waals surface area contributed by atoms with Crippen molar-refractivity contribution in [2.45, 2.75) is 13.0 Å². The third-order valence-electron chi connectivity index (χ3n) is 3.01. The molecule has 1 aliphatic heterocycles. The van der Waals surface area contributed by atoms with Gasteiger partial charge in [-0.2, -0.15) is 0 Å². The number of fused-ring (bicyclic) bond motifs is 1. The molecule has 1 aromatic heterocycles. The second kappa shape index (κ2) is 4.88. The molecule has 2 heterocycles. The van der Waals surface area contributed by atoms with Crippen LogP contribution in [-0.4, -0.2) is 18.6 Å².